The Labute approximate surface area is 170 Å². The molecule has 0 saturated heterocycles. The van der Waals surface area contributed by atoms with Crippen molar-refractivity contribution in [2.75, 3.05) is 0 Å². The van der Waals surface area contributed by atoms with Gasteiger partial charge in [0.1, 0.15) is 5.84 Å². The Hall–Kier alpha value is -2.07. The molecule has 1 aliphatic rings. The Kier molecular flexibility index (Phi) is 6.38. The molecule has 0 aromatic heterocycles. The van der Waals surface area contributed by atoms with Crippen LogP contribution in [-0.4, -0.2) is 5.84 Å². The Morgan fingerprint density at radius 3 is 2.67 bits per heavy atom. The van der Waals surface area contributed by atoms with Crippen LogP contribution in [0.3, 0.4) is 0 Å². The van der Waals surface area contributed by atoms with E-state index in [1.807, 2.05) is 18.2 Å². The number of halogens is 2. The van der Waals surface area contributed by atoms with E-state index in [0.29, 0.717) is 39.8 Å². The summed E-state index contributed by atoms with van der Waals surface area (Å²) in [6.45, 7) is 4.99. The molecule has 5 heteroatoms. The molecule has 0 bridgehead atoms. The number of nitrogens with two attached hydrogens (primary N) is 1. The number of hydrazine groups is 1. The molecule has 3 nitrogen and oxygen atoms in total. The molecule has 0 spiro atoms. The van der Waals surface area contributed by atoms with Crippen molar-refractivity contribution in [3.63, 3.8) is 0 Å². The van der Waals surface area contributed by atoms with Crippen molar-refractivity contribution >= 4 is 34.6 Å². The molecule has 2 aromatic rings. The summed E-state index contributed by atoms with van der Waals surface area (Å²) in [7, 11) is 0. The monoisotopic (exact) mass is 399 g/mol. The topological polar surface area (TPSA) is 50.4 Å². The van der Waals surface area contributed by atoms with Gasteiger partial charge in [-0.25, -0.2) is 5.84 Å². The normalized spacial score (nSPS) is 19.7. The smallest absolute Gasteiger partial charge is 0.144 e. The number of nitrogens with one attached hydrogen (secondary N) is 1. The van der Waals surface area contributed by atoms with E-state index in [9.17, 15) is 0 Å². The molecule has 3 N–H and O–H groups in total. The summed E-state index contributed by atoms with van der Waals surface area (Å²) < 4.78 is 0. The van der Waals surface area contributed by atoms with Gasteiger partial charge in [0.25, 0.3) is 0 Å². The van der Waals surface area contributed by atoms with Gasteiger partial charge in [0.05, 0.1) is 16.6 Å². The molecule has 0 saturated carbocycles. The third-order valence-corrected chi connectivity index (χ3v) is 5.87. The molecule has 27 heavy (non-hydrogen) atoms. The van der Waals surface area contributed by atoms with Gasteiger partial charge in [-0.05, 0) is 40.7 Å². The third kappa shape index (κ3) is 4.27. The van der Waals surface area contributed by atoms with Crippen molar-refractivity contribution in [1.82, 2.24) is 5.43 Å². The zero-order valence-electron chi connectivity index (χ0n) is 15.4. The second kappa shape index (κ2) is 8.75. The lowest BCUT2D eigenvalue weighted by atomic mass is 9.80. The van der Waals surface area contributed by atoms with Gasteiger partial charge in [0, 0.05) is 5.56 Å². The van der Waals surface area contributed by atoms with E-state index < -0.39 is 0 Å². The van der Waals surface area contributed by atoms with E-state index in [1.165, 1.54) is 11.1 Å². The van der Waals surface area contributed by atoms with Gasteiger partial charge in [-0.3, -0.25) is 4.99 Å². The number of amidine groups is 1. The van der Waals surface area contributed by atoms with Crippen LogP contribution < -0.4 is 11.3 Å². The summed E-state index contributed by atoms with van der Waals surface area (Å²) in [6, 6.07) is 13.8. The van der Waals surface area contributed by atoms with Crippen LogP contribution in [0.15, 0.2) is 65.7 Å². The first-order valence-electron chi connectivity index (χ1n) is 8.95. The Balaban J connectivity index is 1.94. The van der Waals surface area contributed by atoms with Gasteiger partial charge >= 0.3 is 0 Å². The molecule has 0 radical (unpaired) electrons. The lowest BCUT2D eigenvalue weighted by molar-refractivity contribution is 0.568. The molecule has 0 heterocycles. The predicted octanol–water partition coefficient (Wildman–Crippen LogP) is 5.63. The minimum Gasteiger partial charge on any atom is -0.308 e. The fraction of sp³-hybridized carbons (Fsp3) is 0.227. The van der Waals surface area contributed by atoms with Crippen LogP contribution in [0.4, 0.5) is 0 Å². The molecule has 0 aliphatic heterocycles. The quantitative estimate of drug-likeness (QED) is 0.303. The summed E-state index contributed by atoms with van der Waals surface area (Å²) in [4.78, 5) is 4.68. The van der Waals surface area contributed by atoms with Gasteiger partial charge in [0.15, 0.2) is 0 Å². The van der Waals surface area contributed by atoms with Crippen molar-refractivity contribution in [3.8, 4) is 0 Å². The van der Waals surface area contributed by atoms with E-state index in [-0.39, 0.29) is 0 Å². The van der Waals surface area contributed by atoms with Crippen molar-refractivity contribution in [3.05, 3.63) is 87.4 Å². The molecule has 2 atom stereocenters. The van der Waals surface area contributed by atoms with Crippen LogP contribution in [0.2, 0.25) is 10.0 Å². The highest BCUT2D eigenvalue weighted by molar-refractivity contribution is 6.44. The minimum absolute atomic E-state index is 0.437. The van der Waals surface area contributed by atoms with Crippen LogP contribution in [0.25, 0.3) is 5.57 Å². The first-order valence-corrected chi connectivity index (χ1v) is 9.70. The molecular formula is C22H23Cl2N3. The Morgan fingerprint density at radius 2 is 1.89 bits per heavy atom. The number of benzene rings is 2. The number of hydrogen-bond acceptors (Lipinski definition) is 2. The standard InChI is InChI=1S/C22H23Cl2N3/c1-14-7-5-10-17(15(14)2)18-9-4-3-8-16(18)13-26-22(27-25)19-11-6-12-20(23)21(19)24/h3-12,14-15H,13,25H2,1-2H3,(H,26,27). The number of nitrogens with zero attached hydrogens (tertiary/aromatic N) is 1. The second-order valence-corrected chi connectivity index (χ2v) is 7.51. The summed E-state index contributed by atoms with van der Waals surface area (Å²) in [5.74, 6) is 7.18. The molecule has 3 rings (SSSR count). The highest BCUT2D eigenvalue weighted by Crippen LogP contribution is 2.35. The van der Waals surface area contributed by atoms with Crippen molar-refractivity contribution in [1.29, 1.82) is 0 Å². The van der Waals surface area contributed by atoms with E-state index in [0.717, 1.165) is 5.56 Å². The van der Waals surface area contributed by atoms with Gasteiger partial charge in [0.2, 0.25) is 0 Å². The molecule has 0 fully saturated rings. The van der Waals surface area contributed by atoms with Gasteiger partial charge < -0.3 is 5.43 Å². The fourth-order valence-electron chi connectivity index (χ4n) is 3.27. The lowest BCUT2D eigenvalue weighted by Crippen LogP contribution is -2.31. The third-order valence-electron chi connectivity index (χ3n) is 5.05. The number of rotatable bonds is 4. The van der Waals surface area contributed by atoms with Crippen LogP contribution in [0.1, 0.15) is 30.5 Å². The van der Waals surface area contributed by atoms with Crippen molar-refractivity contribution in [2.24, 2.45) is 22.7 Å². The first kappa shape index (κ1) is 19.7. The SMILES string of the molecule is CC1C=CC=C(c2ccccc2CN=C(NN)c2cccc(Cl)c2Cl)C1C. The van der Waals surface area contributed by atoms with E-state index >= 15 is 0 Å². The average Bonchev–Trinajstić information content (AvgIpc) is 2.68. The molecule has 2 unspecified atom stereocenters. The van der Waals surface area contributed by atoms with Crippen LogP contribution >= 0.6 is 23.2 Å². The maximum absolute atomic E-state index is 6.31. The van der Waals surface area contributed by atoms with Crippen LogP contribution in [0.5, 0.6) is 0 Å². The zero-order chi connectivity index (χ0) is 19.4. The highest BCUT2D eigenvalue weighted by Gasteiger charge is 2.20. The van der Waals surface area contributed by atoms with E-state index in [4.69, 9.17) is 29.0 Å². The largest absolute Gasteiger partial charge is 0.308 e. The summed E-state index contributed by atoms with van der Waals surface area (Å²) in [6.07, 6.45) is 6.58. The van der Waals surface area contributed by atoms with Crippen molar-refractivity contribution < 1.29 is 0 Å². The van der Waals surface area contributed by atoms with Gasteiger partial charge in [-0.15, -0.1) is 0 Å². The number of aliphatic imine (C=N–C) groups is 1. The maximum Gasteiger partial charge on any atom is 0.144 e. The number of allylic oxidation sites excluding steroid dienone is 4. The molecule has 0 amide bonds. The molecule has 140 valence electrons. The minimum atomic E-state index is 0.437. The summed E-state index contributed by atoms with van der Waals surface area (Å²) >= 11 is 12.4. The summed E-state index contributed by atoms with van der Waals surface area (Å²) in [5.41, 5.74) is 7.03. The van der Waals surface area contributed by atoms with Crippen LogP contribution in [-0.2, 0) is 6.54 Å². The maximum atomic E-state index is 6.31. The second-order valence-electron chi connectivity index (χ2n) is 6.72. The highest BCUT2D eigenvalue weighted by atomic mass is 35.5. The Morgan fingerprint density at radius 1 is 1.11 bits per heavy atom. The fourth-order valence-corrected chi connectivity index (χ4v) is 3.66. The van der Waals surface area contributed by atoms with E-state index in [2.05, 4.69) is 60.7 Å². The first-order chi connectivity index (χ1) is 13.0. The number of hydrogen-bond donors (Lipinski definition) is 2. The van der Waals surface area contributed by atoms with Crippen molar-refractivity contribution in [2.45, 2.75) is 20.4 Å². The molecule has 1 aliphatic carbocycles. The van der Waals surface area contributed by atoms with E-state index in [1.54, 1.807) is 6.07 Å². The lowest BCUT2D eigenvalue weighted by Gasteiger charge is -2.25. The van der Waals surface area contributed by atoms with Gasteiger partial charge in [-0.2, -0.15) is 0 Å². The van der Waals surface area contributed by atoms with Gasteiger partial charge in [-0.1, -0.05) is 85.6 Å². The molecular weight excluding hydrogens is 377 g/mol. The average molecular weight is 400 g/mol. The predicted molar refractivity (Wildman–Crippen MR) is 116 cm³/mol. The molecule has 2 aromatic carbocycles. The summed E-state index contributed by atoms with van der Waals surface area (Å²) in [5, 5.41) is 0.909. The zero-order valence-corrected chi connectivity index (χ0v) is 16.9. The van der Waals surface area contributed by atoms with Crippen LogP contribution in [0, 0.1) is 11.8 Å². The Bertz CT molecular complexity index is 916.